The Labute approximate surface area is 81.0 Å². The van der Waals surface area contributed by atoms with Crippen molar-refractivity contribution < 1.29 is 4.21 Å². The molecule has 0 aromatic heterocycles. The fourth-order valence-corrected chi connectivity index (χ4v) is 3.31. The molecule has 0 amide bonds. The number of hydrogen-bond acceptors (Lipinski definition) is 3. The van der Waals surface area contributed by atoms with Crippen LogP contribution in [0.2, 0.25) is 0 Å². The maximum absolute atomic E-state index is 11.5. The first-order valence-corrected chi connectivity index (χ1v) is 6.43. The Bertz CT molecular complexity index is 273. The zero-order valence-corrected chi connectivity index (χ0v) is 9.60. The van der Waals surface area contributed by atoms with Crippen molar-refractivity contribution in [3.63, 3.8) is 0 Å². The third-order valence-electron chi connectivity index (χ3n) is 2.77. The molecule has 1 heterocycles. The van der Waals surface area contributed by atoms with Crippen LogP contribution in [-0.4, -0.2) is 52.4 Å². The summed E-state index contributed by atoms with van der Waals surface area (Å²) < 4.78 is 20.9. The Kier molecular flexibility index (Phi) is 2.99. The normalized spacial score (nSPS) is 35.2. The molecule has 0 aromatic carbocycles. The zero-order chi connectivity index (χ0) is 10.2. The van der Waals surface area contributed by atoms with Gasteiger partial charge >= 0.3 is 0 Å². The predicted molar refractivity (Wildman–Crippen MR) is 55.0 cm³/mol. The summed E-state index contributed by atoms with van der Waals surface area (Å²) in [5.41, 5.74) is 0. The third-order valence-corrected chi connectivity index (χ3v) is 4.18. The molecule has 3 atom stereocenters. The van der Waals surface area contributed by atoms with E-state index in [2.05, 4.69) is 11.8 Å². The van der Waals surface area contributed by atoms with Crippen molar-refractivity contribution in [1.29, 1.82) is 4.78 Å². The molecule has 5 heteroatoms. The highest BCUT2D eigenvalue weighted by Gasteiger charge is 2.35. The molecule has 0 bridgehead atoms. The highest BCUT2D eigenvalue weighted by molar-refractivity contribution is 7.89. The minimum Gasteiger partial charge on any atom is -0.305 e. The first-order valence-electron chi connectivity index (χ1n) is 4.51. The fourth-order valence-electron chi connectivity index (χ4n) is 2.08. The minimum atomic E-state index is -2.51. The van der Waals surface area contributed by atoms with Gasteiger partial charge in [0.05, 0.1) is 0 Å². The number of rotatable bonds is 2. The lowest BCUT2D eigenvalue weighted by atomic mass is 10.1. The predicted octanol–water partition coefficient (Wildman–Crippen LogP) is 0.602. The summed E-state index contributed by atoms with van der Waals surface area (Å²) >= 11 is 0. The molecule has 13 heavy (non-hydrogen) atoms. The van der Waals surface area contributed by atoms with E-state index < -0.39 is 9.92 Å². The van der Waals surface area contributed by atoms with E-state index in [9.17, 15) is 4.21 Å². The molecule has 0 aliphatic carbocycles. The van der Waals surface area contributed by atoms with Crippen LogP contribution in [0.15, 0.2) is 0 Å². The van der Waals surface area contributed by atoms with Gasteiger partial charge in [0.1, 0.15) is 9.92 Å². The van der Waals surface area contributed by atoms with E-state index in [1.807, 2.05) is 14.1 Å². The SMILES string of the molecule is CC1C(N(C)C)CCN1S(C)(=N)=O. The smallest absolute Gasteiger partial charge is 0.105 e. The van der Waals surface area contributed by atoms with E-state index in [4.69, 9.17) is 4.78 Å². The van der Waals surface area contributed by atoms with Gasteiger partial charge in [-0.15, -0.1) is 0 Å². The number of hydrogen-bond donors (Lipinski definition) is 1. The second kappa shape index (κ2) is 3.55. The molecule has 4 nitrogen and oxygen atoms in total. The molecular formula is C8H19N3OS. The van der Waals surface area contributed by atoms with Gasteiger partial charge in [-0.1, -0.05) is 0 Å². The van der Waals surface area contributed by atoms with Crippen molar-refractivity contribution in [2.45, 2.75) is 25.4 Å². The monoisotopic (exact) mass is 205 g/mol. The van der Waals surface area contributed by atoms with Crippen LogP contribution in [-0.2, 0) is 9.92 Å². The van der Waals surface area contributed by atoms with Gasteiger partial charge in [0.15, 0.2) is 0 Å². The van der Waals surface area contributed by atoms with E-state index in [0.717, 1.165) is 13.0 Å². The van der Waals surface area contributed by atoms with Gasteiger partial charge in [-0.05, 0) is 27.4 Å². The zero-order valence-electron chi connectivity index (χ0n) is 8.78. The Hall–Kier alpha value is -0.130. The van der Waals surface area contributed by atoms with Crippen LogP contribution in [0.1, 0.15) is 13.3 Å². The van der Waals surface area contributed by atoms with Gasteiger partial charge in [0.2, 0.25) is 0 Å². The van der Waals surface area contributed by atoms with Gasteiger partial charge < -0.3 is 4.90 Å². The molecular weight excluding hydrogens is 186 g/mol. The summed E-state index contributed by atoms with van der Waals surface area (Å²) in [5, 5.41) is 0. The van der Waals surface area contributed by atoms with Crippen molar-refractivity contribution in [3.05, 3.63) is 0 Å². The van der Waals surface area contributed by atoms with Gasteiger partial charge in [-0.25, -0.2) is 13.3 Å². The van der Waals surface area contributed by atoms with E-state index in [1.165, 1.54) is 6.26 Å². The molecule has 1 aliphatic rings. The lowest BCUT2D eigenvalue weighted by Gasteiger charge is -2.27. The van der Waals surface area contributed by atoms with E-state index in [1.54, 1.807) is 4.31 Å². The standard InChI is InChI=1S/C8H19N3OS/c1-7-8(10(2)3)5-6-11(7)13(4,9)12/h7-9H,5-6H2,1-4H3. The lowest BCUT2D eigenvalue weighted by molar-refractivity contribution is 0.253. The largest absolute Gasteiger partial charge is 0.305 e. The Morgan fingerprint density at radius 1 is 1.54 bits per heavy atom. The van der Waals surface area contributed by atoms with Crippen molar-refractivity contribution in [2.75, 3.05) is 26.9 Å². The first-order chi connectivity index (χ1) is 5.84. The highest BCUT2D eigenvalue weighted by atomic mass is 32.2. The van der Waals surface area contributed by atoms with Gasteiger partial charge in [0, 0.05) is 24.9 Å². The van der Waals surface area contributed by atoms with Crippen molar-refractivity contribution in [2.24, 2.45) is 0 Å². The Morgan fingerprint density at radius 2 is 2.08 bits per heavy atom. The Balaban J connectivity index is 2.77. The maximum atomic E-state index is 11.5. The van der Waals surface area contributed by atoms with Crippen molar-refractivity contribution in [1.82, 2.24) is 9.21 Å². The van der Waals surface area contributed by atoms with Crippen LogP contribution in [0.25, 0.3) is 0 Å². The van der Waals surface area contributed by atoms with Crippen LogP contribution in [0.4, 0.5) is 0 Å². The van der Waals surface area contributed by atoms with Crippen LogP contribution >= 0.6 is 0 Å². The third kappa shape index (κ3) is 2.21. The van der Waals surface area contributed by atoms with Gasteiger partial charge in [-0.3, -0.25) is 0 Å². The van der Waals surface area contributed by atoms with E-state index in [0.29, 0.717) is 6.04 Å². The number of nitrogens with zero attached hydrogens (tertiary/aromatic N) is 2. The van der Waals surface area contributed by atoms with E-state index >= 15 is 0 Å². The summed E-state index contributed by atoms with van der Waals surface area (Å²) in [6, 6.07) is 0.663. The summed E-state index contributed by atoms with van der Waals surface area (Å²) in [6.45, 7) is 2.83. The maximum Gasteiger partial charge on any atom is 0.105 e. The topological polar surface area (TPSA) is 47.4 Å². The minimum absolute atomic E-state index is 0.227. The molecule has 0 saturated carbocycles. The molecule has 0 aromatic rings. The highest BCUT2D eigenvalue weighted by Crippen LogP contribution is 2.23. The second-order valence-electron chi connectivity index (χ2n) is 4.00. The average Bonchev–Trinajstić information content (AvgIpc) is 2.28. The summed E-state index contributed by atoms with van der Waals surface area (Å²) in [6.07, 6.45) is 2.51. The summed E-state index contributed by atoms with van der Waals surface area (Å²) in [5.74, 6) is 0. The Morgan fingerprint density at radius 3 is 2.31 bits per heavy atom. The van der Waals surface area contributed by atoms with Gasteiger partial charge in [-0.2, -0.15) is 0 Å². The second-order valence-corrected chi connectivity index (χ2v) is 6.08. The lowest BCUT2D eigenvalue weighted by Crippen LogP contribution is -2.41. The van der Waals surface area contributed by atoms with Crippen molar-refractivity contribution in [3.8, 4) is 0 Å². The quantitative estimate of drug-likeness (QED) is 0.717. The molecule has 1 aliphatic heterocycles. The molecule has 0 radical (unpaired) electrons. The molecule has 0 spiro atoms. The molecule has 1 rings (SSSR count). The number of nitrogens with one attached hydrogen (secondary N) is 1. The molecule has 3 unspecified atom stereocenters. The van der Waals surface area contributed by atoms with Crippen LogP contribution in [0.5, 0.6) is 0 Å². The molecule has 78 valence electrons. The number of likely N-dealkylation sites (N-methyl/N-ethyl adjacent to an activating group) is 1. The summed E-state index contributed by atoms with van der Waals surface area (Å²) in [7, 11) is 1.56. The van der Waals surface area contributed by atoms with E-state index in [-0.39, 0.29) is 6.04 Å². The summed E-state index contributed by atoms with van der Waals surface area (Å²) in [4.78, 5) is 2.15. The fraction of sp³-hybridized carbons (Fsp3) is 1.00. The van der Waals surface area contributed by atoms with Crippen LogP contribution < -0.4 is 0 Å². The van der Waals surface area contributed by atoms with Crippen molar-refractivity contribution >= 4 is 9.92 Å². The molecule has 1 saturated heterocycles. The van der Waals surface area contributed by atoms with Crippen LogP contribution in [0.3, 0.4) is 0 Å². The first kappa shape index (κ1) is 10.9. The average molecular weight is 205 g/mol. The molecule has 1 fully saturated rings. The molecule has 1 N–H and O–H groups in total. The van der Waals surface area contributed by atoms with Gasteiger partial charge in [0.25, 0.3) is 0 Å². The van der Waals surface area contributed by atoms with Crippen LogP contribution in [0, 0.1) is 4.78 Å².